The highest BCUT2D eigenvalue weighted by Crippen LogP contribution is 2.20. The Morgan fingerprint density at radius 2 is 1.63 bits per heavy atom. The molecule has 0 radical (unpaired) electrons. The summed E-state index contributed by atoms with van der Waals surface area (Å²) in [7, 11) is 0. The molecule has 0 bridgehead atoms. The number of ether oxygens (including phenoxy) is 1. The second kappa shape index (κ2) is 5.44. The molecule has 0 aliphatic heterocycles. The largest absolute Gasteiger partial charge is 0.494 e. The number of hydrogen-bond donors (Lipinski definition) is 2. The van der Waals surface area contributed by atoms with Crippen LogP contribution < -0.4 is 16.2 Å². The lowest BCUT2D eigenvalue weighted by molar-refractivity contribution is 0.103. The fraction of sp³-hybridized carbons (Fsp3) is 0.133. The Hall–Kier alpha value is -2.49. The van der Waals surface area contributed by atoms with Crippen LogP contribution in [0.4, 0.5) is 11.4 Å². The minimum Gasteiger partial charge on any atom is -0.494 e. The van der Waals surface area contributed by atoms with Crippen LogP contribution in [0.3, 0.4) is 0 Å². The van der Waals surface area contributed by atoms with Gasteiger partial charge in [0.25, 0.3) is 0 Å². The number of anilines is 2. The molecule has 19 heavy (non-hydrogen) atoms. The van der Waals surface area contributed by atoms with Gasteiger partial charge in [0.2, 0.25) is 0 Å². The van der Waals surface area contributed by atoms with Gasteiger partial charge in [0, 0.05) is 11.1 Å². The Bertz CT molecular complexity index is 592. The summed E-state index contributed by atoms with van der Waals surface area (Å²) in [6.07, 6.45) is 0. The maximum atomic E-state index is 12.2. The first kappa shape index (κ1) is 13.0. The Labute approximate surface area is 112 Å². The molecule has 4 heteroatoms. The van der Waals surface area contributed by atoms with E-state index in [-0.39, 0.29) is 5.78 Å². The van der Waals surface area contributed by atoms with Gasteiger partial charge in [-0.15, -0.1) is 0 Å². The number of rotatable bonds is 4. The highest BCUT2D eigenvalue weighted by Gasteiger charge is 2.10. The van der Waals surface area contributed by atoms with E-state index in [1.165, 1.54) is 0 Å². The predicted octanol–water partition coefficient (Wildman–Crippen LogP) is 2.48. The molecular formula is C15H16N2O2. The molecule has 0 atom stereocenters. The van der Waals surface area contributed by atoms with Crippen molar-refractivity contribution in [3.05, 3.63) is 53.6 Å². The zero-order valence-electron chi connectivity index (χ0n) is 10.7. The molecule has 0 aliphatic carbocycles. The van der Waals surface area contributed by atoms with Crippen molar-refractivity contribution >= 4 is 17.2 Å². The number of nitrogens with two attached hydrogens (primary N) is 2. The molecular weight excluding hydrogens is 240 g/mol. The lowest BCUT2D eigenvalue weighted by Crippen LogP contribution is -2.04. The second-order valence-electron chi connectivity index (χ2n) is 4.13. The average Bonchev–Trinajstić information content (AvgIpc) is 2.42. The molecule has 0 spiro atoms. The Morgan fingerprint density at radius 3 is 2.21 bits per heavy atom. The van der Waals surface area contributed by atoms with Crippen molar-refractivity contribution in [1.82, 2.24) is 0 Å². The number of carbonyl (C=O) groups excluding carboxylic acids is 1. The van der Waals surface area contributed by atoms with E-state index in [2.05, 4.69) is 0 Å². The quantitative estimate of drug-likeness (QED) is 0.650. The van der Waals surface area contributed by atoms with Crippen LogP contribution in [0, 0.1) is 0 Å². The first-order chi connectivity index (χ1) is 9.11. The Balaban J connectivity index is 2.25. The Morgan fingerprint density at radius 1 is 1.00 bits per heavy atom. The first-order valence-corrected chi connectivity index (χ1v) is 6.04. The summed E-state index contributed by atoms with van der Waals surface area (Å²) < 4.78 is 5.33. The van der Waals surface area contributed by atoms with Crippen LogP contribution in [0.5, 0.6) is 5.75 Å². The van der Waals surface area contributed by atoms with E-state index in [1.807, 2.05) is 6.92 Å². The summed E-state index contributed by atoms with van der Waals surface area (Å²) >= 11 is 0. The van der Waals surface area contributed by atoms with E-state index < -0.39 is 0 Å². The van der Waals surface area contributed by atoms with Crippen LogP contribution >= 0.6 is 0 Å². The molecule has 0 saturated carbocycles. The Kier molecular flexibility index (Phi) is 3.71. The van der Waals surface area contributed by atoms with E-state index in [4.69, 9.17) is 16.2 Å². The van der Waals surface area contributed by atoms with Gasteiger partial charge in [-0.05, 0) is 49.4 Å². The van der Waals surface area contributed by atoms with E-state index in [1.54, 1.807) is 42.5 Å². The van der Waals surface area contributed by atoms with Crippen molar-refractivity contribution in [2.24, 2.45) is 0 Å². The standard InChI is InChI=1S/C15H16N2O2/c1-2-19-12-6-3-10(4-7-12)15(18)11-5-8-13(16)14(17)9-11/h3-9H,2,16-17H2,1H3. The molecule has 4 nitrogen and oxygen atoms in total. The molecule has 0 heterocycles. The van der Waals surface area contributed by atoms with Gasteiger partial charge in [-0.25, -0.2) is 0 Å². The van der Waals surface area contributed by atoms with Gasteiger partial charge in [0.1, 0.15) is 5.75 Å². The first-order valence-electron chi connectivity index (χ1n) is 6.04. The molecule has 2 aromatic carbocycles. The van der Waals surface area contributed by atoms with Crippen molar-refractivity contribution in [2.75, 3.05) is 18.1 Å². The van der Waals surface area contributed by atoms with Crippen molar-refractivity contribution < 1.29 is 9.53 Å². The molecule has 0 aliphatic rings. The molecule has 0 fully saturated rings. The summed E-state index contributed by atoms with van der Waals surface area (Å²) in [6, 6.07) is 11.9. The fourth-order valence-corrected chi connectivity index (χ4v) is 1.75. The number of ketones is 1. The SMILES string of the molecule is CCOc1ccc(C(=O)c2ccc(N)c(N)c2)cc1. The van der Waals surface area contributed by atoms with E-state index >= 15 is 0 Å². The van der Waals surface area contributed by atoms with Crippen molar-refractivity contribution in [3.63, 3.8) is 0 Å². The van der Waals surface area contributed by atoms with Gasteiger partial charge in [0.15, 0.2) is 5.78 Å². The summed E-state index contributed by atoms with van der Waals surface area (Å²) in [5, 5.41) is 0. The normalized spacial score (nSPS) is 10.2. The molecule has 2 rings (SSSR count). The minimum absolute atomic E-state index is 0.0882. The smallest absolute Gasteiger partial charge is 0.193 e. The van der Waals surface area contributed by atoms with Gasteiger partial charge in [-0.1, -0.05) is 0 Å². The molecule has 98 valence electrons. The van der Waals surface area contributed by atoms with Gasteiger partial charge in [0.05, 0.1) is 18.0 Å². The van der Waals surface area contributed by atoms with Gasteiger partial charge < -0.3 is 16.2 Å². The van der Waals surface area contributed by atoms with E-state index in [9.17, 15) is 4.79 Å². The average molecular weight is 256 g/mol. The lowest BCUT2D eigenvalue weighted by atomic mass is 10.0. The maximum absolute atomic E-state index is 12.2. The zero-order valence-corrected chi connectivity index (χ0v) is 10.7. The number of hydrogen-bond acceptors (Lipinski definition) is 4. The molecule has 0 aromatic heterocycles. The van der Waals surface area contributed by atoms with Crippen LogP contribution in [-0.2, 0) is 0 Å². The van der Waals surface area contributed by atoms with Crippen LogP contribution in [0.15, 0.2) is 42.5 Å². The third-order valence-electron chi connectivity index (χ3n) is 2.78. The van der Waals surface area contributed by atoms with Crippen LogP contribution in [-0.4, -0.2) is 12.4 Å². The summed E-state index contributed by atoms with van der Waals surface area (Å²) in [5.41, 5.74) is 13.3. The summed E-state index contributed by atoms with van der Waals surface area (Å²) in [6.45, 7) is 2.51. The van der Waals surface area contributed by atoms with Crippen LogP contribution in [0.1, 0.15) is 22.8 Å². The number of benzene rings is 2. The van der Waals surface area contributed by atoms with Crippen LogP contribution in [0.25, 0.3) is 0 Å². The van der Waals surface area contributed by atoms with Gasteiger partial charge in [-0.2, -0.15) is 0 Å². The van der Waals surface area contributed by atoms with Crippen LogP contribution in [0.2, 0.25) is 0 Å². The maximum Gasteiger partial charge on any atom is 0.193 e. The van der Waals surface area contributed by atoms with Crippen molar-refractivity contribution in [3.8, 4) is 5.75 Å². The predicted molar refractivity (Wildman–Crippen MR) is 76.3 cm³/mol. The lowest BCUT2D eigenvalue weighted by Gasteiger charge is -2.06. The highest BCUT2D eigenvalue weighted by molar-refractivity contribution is 6.09. The van der Waals surface area contributed by atoms with Crippen molar-refractivity contribution in [2.45, 2.75) is 6.92 Å². The molecule has 0 unspecified atom stereocenters. The van der Waals surface area contributed by atoms with Gasteiger partial charge >= 0.3 is 0 Å². The van der Waals surface area contributed by atoms with E-state index in [0.717, 1.165) is 5.75 Å². The van der Waals surface area contributed by atoms with Gasteiger partial charge in [-0.3, -0.25) is 4.79 Å². The summed E-state index contributed by atoms with van der Waals surface area (Å²) in [4.78, 5) is 12.2. The number of nitrogen functional groups attached to an aromatic ring is 2. The molecule has 0 amide bonds. The van der Waals surface area contributed by atoms with Crippen molar-refractivity contribution in [1.29, 1.82) is 0 Å². The second-order valence-corrected chi connectivity index (χ2v) is 4.13. The topological polar surface area (TPSA) is 78.3 Å². The molecule has 0 saturated heterocycles. The third kappa shape index (κ3) is 2.85. The highest BCUT2D eigenvalue weighted by atomic mass is 16.5. The number of carbonyl (C=O) groups is 1. The minimum atomic E-state index is -0.0882. The van der Waals surface area contributed by atoms with E-state index in [0.29, 0.717) is 29.1 Å². The monoisotopic (exact) mass is 256 g/mol. The third-order valence-corrected chi connectivity index (χ3v) is 2.78. The zero-order chi connectivity index (χ0) is 13.8. The molecule has 2 aromatic rings. The fourth-order valence-electron chi connectivity index (χ4n) is 1.75. The molecule has 4 N–H and O–H groups in total. The summed E-state index contributed by atoms with van der Waals surface area (Å²) in [5.74, 6) is 0.658.